The molecule has 0 fully saturated rings. The van der Waals surface area contributed by atoms with Crippen LogP contribution in [-0.2, 0) is 9.59 Å². The summed E-state index contributed by atoms with van der Waals surface area (Å²) in [6.07, 6.45) is 4.99. The zero-order valence-electron chi connectivity index (χ0n) is 17.0. The van der Waals surface area contributed by atoms with Crippen LogP contribution in [0.3, 0.4) is 0 Å². The standard InChI is InChI=1S/C22H24N4O3S/c1-14-11-20(25-29-14)24-22(28)15(2)30-13-21(27)26-9-7-16(8-10-26)18-12-23-19-6-4-3-5-17(18)19/h3-7,11-12,15,23H,8-10,13H2,1-2H3,(H,24,25,28)/t15-/m0/s1. The van der Waals surface area contributed by atoms with E-state index in [9.17, 15) is 9.59 Å². The van der Waals surface area contributed by atoms with E-state index in [1.54, 1.807) is 19.9 Å². The summed E-state index contributed by atoms with van der Waals surface area (Å²) in [5.41, 5.74) is 3.59. The highest BCUT2D eigenvalue weighted by atomic mass is 32.2. The predicted molar refractivity (Wildman–Crippen MR) is 119 cm³/mol. The Morgan fingerprint density at radius 1 is 1.37 bits per heavy atom. The maximum absolute atomic E-state index is 12.6. The number of nitrogens with zero attached hydrogens (tertiary/aromatic N) is 2. The molecule has 4 rings (SSSR count). The molecular weight excluding hydrogens is 400 g/mol. The average Bonchev–Trinajstić information content (AvgIpc) is 3.37. The summed E-state index contributed by atoms with van der Waals surface area (Å²) in [7, 11) is 0. The fraction of sp³-hybridized carbons (Fsp3) is 0.318. The van der Waals surface area contributed by atoms with E-state index >= 15 is 0 Å². The van der Waals surface area contributed by atoms with E-state index in [1.807, 2.05) is 23.2 Å². The number of fused-ring (bicyclic) bond motifs is 1. The molecule has 3 aromatic rings. The van der Waals surface area contributed by atoms with E-state index in [-0.39, 0.29) is 22.8 Å². The van der Waals surface area contributed by atoms with Crippen LogP contribution in [0.5, 0.6) is 0 Å². The molecule has 156 valence electrons. The van der Waals surface area contributed by atoms with Gasteiger partial charge in [-0.25, -0.2) is 0 Å². The van der Waals surface area contributed by atoms with Gasteiger partial charge in [-0.15, -0.1) is 11.8 Å². The van der Waals surface area contributed by atoms with E-state index in [0.29, 0.717) is 24.7 Å². The number of anilines is 1. The van der Waals surface area contributed by atoms with Gasteiger partial charge < -0.3 is 19.7 Å². The van der Waals surface area contributed by atoms with Gasteiger partial charge in [0.25, 0.3) is 0 Å². The van der Waals surface area contributed by atoms with Crippen molar-refractivity contribution in [3.63, 3.8) is 0 Å². The van der Waals surface area contributed by atoms with E-state index < -0.39 is 0 Å². The summed E-state index contributed by atoms with van der Waals surface area (Å²) in [6.45, 7) is 4.82. The molecule has 0 saturated carbocycles. The maximum Gasteiger partial charge on any atom is 0.238 e. The summed E-state index contributed by atoms with van der Waals surface area (Å²) in [6, 6.07) is 9.90. The lowest BCUT2D eigenvalue weighted by Crippen LogP contribution is -2.36. The van der Waals surface area contributed by atoms with Crippen molar-refractivity contribution in [2.24, 2.45) is 0 Å². The molecule has 0 unspecified atom stereocenters. The minimum atomic E-state index is -0.368. The van der Waals surface area contributed by atoms with Crippen molar-refractivity contribution in [1.29, 1.82) is 0 Å². The van der Waals surface area contributed by atoms with Gasteiger partial charge in [0.1, 0.15) is 5.76 Å². The fourth-order valence-electron chi connectivity index (χ4n) is 3.49. The van der Waals surface area contributed by atoms with Gasteiger partial charge in [-0.2, -0.15) is 0 Å². The van der Waals surface area contributed by atoms with Crippen molar-refractivity contribution in [2.75, 3.05) is 24.2 Å². The molecule has 0 radical (unpaired) electrons. The van der Waals surface area contributed by atoms with E-state index in [4.69, 9.17) is 4.52 Å². The first-order valence-corrected chi connectivity index (χ1v) is 10.9. The number of aryl methyl sites for hydroxylation is 1. The molecule has 0 spiro atoms. The number of nitrogens with one attached hydrogen (secondary N) is 2. The van der Waals surface area contributed by atoms with Gasteiger partial charge >= 0.3 is 0 Å². The highest BCUT2D eigenvalue weighted by Crippen LogP contribution is 2.29. The van der Waals surface area contributed by atoms with Crippen molar-refractivity contribution >= 4 is 45.9 Å². The van der Waals surface area contributed by atoms with E-state index in [0.717, 1.165) is 11.9 Å². The molecule has 3 heterocycles. The lowest BCUT2D eigenvalue weighted by Gasteiger charge is -2.27. The van der Waals surface area contributed by atoms with Crippen LogP contribution < -0.4 is 5.32 Å². The molecule has 1 atom stereocenters. The molecule has 1 aliphatic heterocycles. The minimum absolute atomic E-state index is 0.0474. The first-order chi connectivity index (χ1) is 14.5. The molecule has 2 amide bonds. The van der Waals surface area contributed by atoms with E-state index in [2.05, 4.69) is 33.7 Å². The Bertz CT molecular complexity index is 1100. The van der Waals surface area contributed by atoms with Crippen LogP contribution in [0.1, 0.15) is 24.7 Å². The van der Waals surface area contributed by atoms with Crippen molar-refractivity contribution in [3.8, 4) is 0 Å². The van der Waals surface area contributed by atoms with Gasteiger partial charge in [-0.3, -0.25) is 9.59 Å². The number of amides is 2. The molecule has 0 bridgehead atoms. The molecule has 7 nitrogen and oxygen atoms in total. The Morgan fingerprint density at radius 2 is 2.20 bits per heavy atom. The van der Waals surface area contributed by atoms with Crippen molar-refractivity contribution in [1.82, 2.24) is 15.0 Å². The SMILES string of the molecule is Cc1cc(NC(=O)[C@H](C)SCC(=O)N2CC=C(c3c[nH]c4ccccc34)CC2)no1. The van der Waals surface area contributed by atoms with Crippen LogP contribution in [0.25, 0.3) is 16.5 Å². The van der Waals surface area contributed by atoms with Crippen molar-refractivity contribution in [2.45, 2.75) is 25.5 Å². The number of para-hydroxylation sites is 1. The van der Waals surface area contributed by atoms with Crippen LogP contribution in [0.2, 0.25) is 0 Å². The maximum atomic E-state index is 12.6. The number of carbonyl (C=O) groups excluding carboxylic acids is 2. The second-order valence-electron chi connectivity index (χ2n) is 7.33. The van der Waals surface area contributed by atoms with Gasteiger partial charge in [0.05, 0.1) is 11.0 Å². The molecule has 0 aliphatic carbocycles. The van der Waals surface area contributed by atoms with Gasteiger partial charge in [0.15, 0.2) is 5.82 Å². The third-order valence-corrected chi connectivity index (χ3v) is 6.33. The highest BCUT2D eigenvalue weighted by Gasteiger charge is 2.22. The lowest BCUT2D eigenvalue weighted by atomic mass is 9.99. The molecule has 2 N–H and O–H groups in total. The number of hydrogen-bond donors (Lipinski definition) is 2. The van der Waals surface area contributed by atoms with Crippen molar-refractivity contribution in [3.05, 3.63) is 53.9 Å². The molecule has 30 heavy (non-hydrogen) atoms. The Morgan fingerprint density at radius 3 is 2.93 bits per heavy atom. The quantitative estimate of drug-likeness (QED) is 0.627. The predicted octanol–water partition coefficient (Wildman–Crippen LogP) is 3.84. The van der Waals surface area contributed by atoms with Crippen LogP contribution in [0.15, 0.2) is 47.1 Å². The molecule has 1 aliphatic rings. The number of benzene rings is 1. The number of hydrogen-bond acceptors (Lipinski definition) is 5. The topological polar surface area (TPSA) is 91.2 Å². The Labute approximate surface area is 178 Å². The third kappa shape index (κ3) is 4.43. The van der Waals surface area contributed by atoms with Gasteiger partial charge in [0.2, 0.25) is 11.8 Å². The number of aromatic amines is 1. The number of carbonyl (C=O) groups is 2. The van der Waals surface area contributed by atoms with Crippen LogP contribution in [-0.4, -0.2) is 50.9 Å². The monoisotopic (exact) mass is 424 g/mol. The molecule has 1 aromatic carbocycles. The van der Waals surface area contributed by atoms with Crippen molar-refractivity contribution < 1.29 is 14.1 Å². The number of rotatable bonds is 6. The van der Waals surface area contributed by atoms with Gasteiger partial charge in [0, 0.05) is 41.8 Å². The minimum Gasteiger partial charge on any atom is -0.361 e. The van der Waals surface area contributed by atoms with Gasteiger partial charge in [-0.05, 0) is 31.9 Å². The number of thioether (sulfide) groups is 1. The largest absolute Gasteiger partial charge is 0.361 e. The van der Waals surface area contributed by atoms with Crippen LogP contribution in [0.4, 0.5) is 5.82 Å². The summed E-state index contributed by atoms with van der Waals surface area (Å²) < 4.78 is 4.94. The molecule has 2 aromatic heterocycles. The Balaban J connectivity index is 1.29. The van der Waals surface area contributed by atoms with Crippen LogP contribution >= 0.6 is 11.8 Å². The van der Waals surface area contributed by atoms with E-state index in [1.165, 1.54) is 28.3 Å². The first kappa shape index (κ1) is 20.3. The lowest BCUT2D eigenvalue weighted by molar-refractivity contribution is -0.127. The summed E-state index contributed by atoms with van der Waals surface area (Å²) in [4.78, 5) is 30.0. The fourth-order valence-corrected chi connectivity index (χ4v) is 4.28. The van der Waals surface area contributed by atoms with Crippen LogP contribution in [0, 0.1) is 6.92 Å². The Hall–Kier alpha value is -3.00. The second-order valence-corrected chi connectivity index (χ2v) is 8.66. The zero-order valence-corrected chi connectivity index (χ0v) is 17.8. The summed E-state index contributed by atoms with van der Waals surface area (Å²) in [5, 5.41) is 7.30. The zero-order chi connectivity index (χ0) is 21.1. The normalized spacial score (nSPS) is 15.1. The molecule has 0 saturated heterocycles. The molecule has 8 heteroatoms. The third-order valence-electron chi connectivity index (χ3n) is 5.20. The van der Waals surface area contributed by atoms with Gasteiger partial charge in [-0.1, -0.05) is 29.4 Å². The molecular formula is C22H24N4O3S. The number of H-pyrrole nitrogens is 1. The first-order valence-electron chi connectivity index (χ1n) is 9.90. The Kier molecular flexibility index (Phi) is 5.94. The smallest absolute Gasteiger partial charge is 0.238 e. The second kappa shape index (κ2) is 8.79. The average molecular weight is 425 g/mol. The summed E-state index contributed by atoms with van der Waals surface area (Å²) in [5.74, 6) is 1.14. The number of aromatic nitrogens is 2. The summed E-state index contributed by atoms with van der Waals surface area (Å²) >= 11 is 1.33. The highest BCUT2D eigenvalue weighted by molar-refractivity contribution is 8.01.